The minimum Gasteiger partial charge on any atom is -0.338 e. The van der Waals surface area contributed by atoms with E-state index in [-0.39, 0.29) is 24.4 Å². The summed E-state index contributed by atoms with van der Waals surface area (Å²) in [6, 6.07) is 8.41. The molecular formula is C15H23ClN2O. The molecule has 0 radical (unpaired) electrons. The molecule has 1 heterocycles. The number of nitrogens with zero attached hydrogens (tertiary/aromatic N) is 1. The molecule has 2 rings (SSSR count). The third-order valence-corrected chi connectivity index (χ3v) is 3.66. The number of piperidine rings is 1. The maximum Gasteiger partial charge on any atom is 0.227 e. The van der Waals surface area contributed by atoms with Crippen LogP contribution in [0.15, 0.2) is 24.3 Å². The van der Waals surface area contributed by atoms with Crippen molar-refractivity contribution in [3.05, 3.63) is 35.4 Å². The lowest BCUT2D eigenvalue weighted by Gasteiger charge is -2.35. The second-order valence-corrected chi connectivity index (χ2v) is 5.14. The van der Waals surface area contributed by atoms with Crippen molar-refractivity contribution in [2.75, 3.05) is 13.1 Å². The maximum atomic E-state index is 12.3. The van der Waals surface area contributed by atoms with Crippen molar-refractivity contribution in [1.82, 2.24) is 4.90 Å². The van der Waals surface area contributed by atoms with Crippen LogP contribution >= 0.6 is 12.4 Å². The number of hydrogen-bond donors (Lipinski definition) is 1. The summed E-state index contributed by atoms with van der Waals surface area (Å²) in [6.45, 7) is 3.50. The van der Waals surface area contributed by atoms with E-state index in [0.717, 1.165) is 24.9 Å². The Morgan fingerprint density at radius 3 is 2.89 bits per heavy atom. The Balaban J connectivity index is 0.00000180. The fourth-order valence-electron chi connectivity index (χ4n) is 2.67. The van der Waals surface area contributed by atoms with Crippen molar-refractivity contribution in [2.45, 2.75) is 38.6 Å². The van der Waals surface area contributed by atoms with Crippen molar-refractivity contribution < 1.29 is 4.79 Å². The molecule has 1 amide bonds. The summed E-state index contributed by atoms with van der Waals surface area (Å²) in [6.07, 6.45) is 3.85. The lowest BCUT2D eigenvalue weighted by Crippen LogP contribution is -2.48. The van der Waals surface area contributed by atoms with E-state index in [1.165, 1.54) is 12.0 Å². The highest BCUT2D eigenvalue weighted by Crippen LogP contribution is 2.17. The number of aryl methyl sites for hydroxylation is 1. The fraction of sp³-hybridized carbons (Fsp3) is 0.533. The van der Waals surface area contributed by atoms with Crippen LogP contribution in [0.1, 0.15) is 30.4 Å². The SMILES string of the molecule is Cc1cccc(CC(=O)N2CCCCC2CN)c1.Cl. The second-order valence-electron chi connectivity index (χ2n) is 5.14. The molecule has 2 N–H and O–H groups in total. The zero-order chi connectivity index (χ0) is 13.0. The zero-order valence-corrected chi connectivity index (χ0v) is 12.3. The van der Waals surface area contributed by atoms with E-state index in [9.17, 15) is 4.79 Å². The van der Waals surface area contributed by atoms with Crippen LogP contribution in [0.4, 0.5) is 0 Å². The van der Waals surface area contributed by atoms with Crippen LogP contribution in [-0.4, -0.2) is 29.9 Å². The van der Waals surface area contributed by atoms with E-state index < -0.39 is 0 Å². The third kappa shape index (κ3) is 4.22. The van der Waals surface area contributed by atoms with Crippen LogP contribution in [0.5, 0.6) is 0 Å². The topological polar surface area (TPSA) is 46.3 Å². The summed E-state index contributed by atoms with van der Waals surface area (Å²) in [7, 11) is 0. The van der Waals surface area contributed by atoms with Gasteiger partial charge in [-0.1, -0.05) is 29.8 Å². The lowest BCUT2D eigenvalue weighted by molar-refractivity contribution is -0.133. The summed E-state index contributed by atoms with van der Waals surface area (Å²) in [5.41, 5.74) is 8.06. The van der Waals surface area contributed by atoms with Crippen LogP contribution in [0.2, 0.25) is 0 Å². The summed E-state index contributed by atoms with van der Waals surface area (Å²) in [4.78, 5) is 14.3. The van der Waals surface area contributed by atoms with Gasteiger partial charge in [0, 0.05) is 19.1 Å². The average molecular weight is 283 g/mol. The van der Waals surface area contributed by atoms with Gasteiger partial charge in [0.2, 0.25) is 5.91 Å². The van der Waals surface area contributed by atoms with E-state index >= 15 is 0 Å². The van der Waals surface area contributed by atoms with Crippen molar-refractivity contribution in [1.29, 1.82) is 0 Å². The summed E-state index contributed by atoms with van der Waals surface area (Å²) < 4.78 is 0. The van der Waals surface area contributed by atoms with E-state index in [0.29, 0.717) is 13.0 Å². The summed E-state index contributed by atoms with van der Waals surface area (Å²) >= 11 is 0. The molecule has 19 heavy (non-hydrogen) atoms. The quantitative estimate of drug-likeness (QED) is 0.925. The van der Waals surface area contributed by atoms with Gasteiger partial charge in [0.15, 0.2) is 0 Å². The minimum absolute atomic E-state index is 0. The fourth-order valence-corrected chi connectivity index (χ4v) is 2.67. The van der Waals surface area contributed by atoms with Crippen LogP contribution in [0.25, 0.3) is 0 Å². The molecule has 3 nitrogen and oxygen atoms in total. The number of carbonyl (C=O) groups excluding carboxylic acids is 1. The first kappa shape index (κ1) is 16.0. The molecule has 1 unspecified atom stereocenters. The molecule has 4 heteroatoms. The molecule has 0 aromatic heterocycles. The maximum absolute atomic E-state index is 12.3. The molecule has 1 aliphatic heterocycles. The predicted octanol–water partition coefficient (Wildman–Crippen LogP) is 2.30. The highest BCUT2D eigenvalue weighted by molar-refractivity contribution is 5.85. The molecule has 1 aromatic carbocycles. The molecule has 0 spiro atoms. The summed E-state index contributed by atoms with van der Waals surface area (Å²) in [5.74, 6) is 0.218. The number of hydrogen-bond acceptors (Lipinski definition) is 2. The number of likely N-dealkylation sites (tertiary alicyclic amines) is 1. The Morgan fingerprint density at radius 2 is 2.21 bits per heavy atom. The molecule has 1 aromatic rings. The lowest BCUT2D eigenvalue weighted by atomic mass is 10.0. The van der Waals surface area contributed by atoms with Gasteiger partial charge in [-0.15, -0.1) is 12.4 Å². The minimum atomic E-state index is 0. The molecule has 1 fully saturated rings. The average Bonchev–Trinajstić information content (AvgIpc) is 2.38. The number of nitrogens with two attached hydrogens (primary N) is 1. The molecule has 1 saturated heterocycles. The number of rotatable bonds is 3. The molecule has 0 saturated carbocycles. The first-order valence-electron chi connectivity index (χ1n) is 6.76. The van der Waals surface area contributed by atoms with Crippen LogP contribution in [-0.2, 0) is 11.2 Å². The smallest absolute Gasteiger partial charge is 0.227 e. The monoisotopic (exact) mass is 282 g/mol. The Labute approximate surface area is 121 Å². The van der Waals surface area contributed by atoms with Gasteiger partial charge in [0.1, 0.15) is 0 Å². The first-order chi connectivity index (χ1) is 8.70. The predicted molar refractivity (Wildman–Crippen MR) is 80.5 cm³/mol. The van der Waals surface area contributed by atoms with Crippen LogP contribution in [0.3, 0.4) is 0 Å². The third-order valence-electron chi connectivity index (χ3n) is 3.66. The molecular weight excluding hydrogens is 260 g/mol. The number of amides is 1. The Morgan fingerprint density at radius 1 is 1.42 bits per heavy atom. The zero-order valence-electron chi connectivity index (χ0n) is 11.5. The van der Waals surface area contributed by atoms with Gasteiger partial charge in [-0.2, -0.15) is 0 Å². The van der Waals surface area contributed by atoms with Gasteiger partial charge in [0.05, 0.1) is 6.42 Å². The second kappa shape index (κ2) is 7.51. The molecule has 0 bridgehead atoms. The van der Waals surface area contributed by atoms with Gasteiger partial charge in [0.25, 0.3) is 0 Å². The van der Waals surface area contributed by atoms with E-state index in [1.54, 1.807) is 0 Å². The number of carbonyl (C=O) groups is 1. The number of halogens is 1. The number of benzene rings is 1. The van der Waals surface area contributed by atoms with Crippen LogP contribution in [0, 0.1) is 6.92 Å². The molecule has 0 aliphatic carbocycles. The van der Waals surface area contributed by atoms with E-state index in [2.05, 4.69) is 19.1 Å². The van der Waals surface area contributed by atoms with Gasteiger partial charge in [-0.05, 0) is 31.7 Å². The van der Waals surface area contributed by atoms with Crippen molar-refractivity contribution in [2.24, 2.45) is 5.73 Å². The van der Waals surface area contributed by atoms with E-state index in [4.69, 9.17) is 5.73 Å². The molecule has 106 valence electrons. The highest BCUT2D eigenvalue weighted by Gasteiger charge is 2.25. The Bertz CT molecular complexity index is 422. The standard InChI is InChI=1S/C15H22N2O.ClH/c1-12-5-4-6-13(9-12)10-15(18)17-8-3-2-7-14(17)11-16;/h4-6,9,14H,2-3,7-8,10-11,16H2,1H3;1H. The molecule has 1 atom stereocenters. The first-order valence-corrected chi connectivity index (χ1v) is 6.76. The van der Waals surface area contributed by atoms with Crippen molar-refractivity contribution in [3.8, 4) is 0 Å². The van der Waals surface area contributed by atoms with Crippen LogP contribution < -0.4 is 5.73 Å². The normalized spacial score (nSPS) is 18.8. The van der Waals surface area contributed by atoms with Crippen molar-refractivity contribution >= 4 is 18.3 Å². The largest absolute Gasteiger partial charge is 0.338 e. The van der Waals surface area contributed by atoms with Gasteiger partial charge in [-0.25, -0.2) is 0 Å². The van der Waals surface area contributed by atoms with Gasteiger partial charge < -0.3 is 10.6 Å². The van der Waals surface area contributed by atoms with Gasteiger partial charge >= 0.3 is 0 Å². The van der Waals surface area contributed by atoms with E-state index in [1.807, 2.05) is 17.0 Å². The van der Waals surface area contributed by atoms with Gasteiger partial charge in [-0.3, -0.25) is 4.79 Å². The van der Waals surface area contributed by atoms with Crippen molar-refractivity contribution in [3.63, 3.8) is 0 Å². The Hall–Kier alpha value is -1.06. The highest BCUT2D eigenvalue weighted by atomic mass is 35.5. The molecule has 1 aliphatic rings. The Kier molecular flexibility index (Phi) is 6.32. The summed E-state index contributed by atoms with van der Waals surface area (Å²) in [5, 5.41) is 0.